The van der Waals surface area contributed by atoms with Gasteiger partial charge in [-0.1, -0.05) is 40.2 Å². The first kappa shape index (κ1) is 12.6. The van der Waals surface area contributed by atoms with Crippen molar-refractivity contribution in [2.24, 2.45) is 0 Å². The number of thioether (sulfide) groups is 1. The summed E-state index contributed by atoms with van der Waals surface area (Å²) < 4.78 is 0. The first-order chi connectivity index (χ1) is 7.26. The first-order valence-electron chi connectivity index (χ1n) is 4.65. The molecule has 0 saturated heterocycles. The van der Waals surface area contributed by atoms with Crippen LogP contribution in [0.4, 0.5) is 0 Å². The normalized spacial score (nSPS) is 10.0. The third-order valence-corrected chi connectivity index (χ3v) is 3.11. The van der Waals surface area contributed by atoms with E-state index in [2.05, 4.69) is 33.4 Å². The van der Waals surface area contributed by atoms with Gasteiger partial charge in [-0.2, -0.15) is 11.8 Å². The van der Waals surface area contributed by atoms with Crippen LogP contribution in [-0.2, 0) is 16.7 Å². The topological polar surface area (TPSA) is 29.1 Å². The molecule has 1 amide bonds. The minimum absolute atomic E-state index is 0.0896. The molecule has 0 aliphatic rings. The Kier molecular flexibility index (Phi) is 5.79. The number of amides is 1. The fraction of sp³-hybridized carbons (Fsp3) is 0.364. The van der Waals surface area contributed by atoms with Crippen LogP contribution in [0.25, 0.3) is 0 Å². The summed E-state index contributed by atoms with van der Waals surface area (Å²) in [6.45, 7) is 0.611. The molecule has 2 nitrogen and oxygen atoms in total. The maximum atomic E-state index is 11.2. The van der Waals surface area contributed by atoms with Crippen LogP contribution in [0.15, 0.2) is 24.3 Å². The molecule has 0 unspecified atom stereocenters. The van der Waals surface area contributed by atoms with E-state index in [1.807, 2.05) is 18.4 Å². The van der Waals surface area contributed by atoms with Crippen LogP contribution in [0.5, 0.6) is 0 Å². The number of rotatable bonds is 5. The van der Waals surface area contributed by atoms with E-state index in [-0.39, 0.29) is 5.91 Å². The summed E-state index contributed by atoms with van der Waals surface area (Å²) in [5.41, 5.74) is 2.37. The third-order valence-electron chi connectivity index (χ3n) is 1.91. The molecule has 15 heavy (non-hydrogen) atoms. The van der Waals surface area contributed by atoms with Crippen LogP contribution in [0.3, 0.4) is 0 Å². The number of halogens is 1. The van der Waals surface area contributed by atoms with Gasteiger partial charge >= 0.3 is 0 Å². The Morgan fingerprint density at radius 1 is 1.47 bits per heavy atom. The van der Waals surface area contributed by atoms with E-state index in [1.54, 1.807) is 0 Å². The molecule has 1 aromatic rings. The van der Waals surface area contributed by atoms with Crippen molar-refractivity contribution in [3.8, 4) is 0 Å². The van der Waals surface area contributed by atoms with Gasteiger partial charge in [-0.3, -0.25) is 4.79 Å². The Balaban J connectivity index is 2.46. The largest absolute Gasteiger partial charge is 0.351 e. The molecule has 0 atom stereocenters. The monoisotopic (exact) mass is 287 g/mol. The van der Waals surface area contributed by atoms with E-state index in [1.165, 1.54) is 17.3 Å². The second-order valence-electron chi connectivity index (χ2n) is 3.16. The van der Waals surface area contributed by atoms with Crippen molar-refractivity contribution >= 4 is 33.6 Å². The number of benzene rings is 1. The number of hydrogen-bond donors (Lipinski definition) is 1. The number of alkyl halides is 1. The number of carbonyl (C=O) groups excluding carboxylic acids is 1. The summed E-state index contributed by atoms with van der Waals surface area (Å²) >= 11 is 4.94. The van der Waals surface area contributed by atoms with Gasteiger partial charge in [0.2, 0.25) is 5.91 Å². The van der Waals surface area contributed by atoms with Crippen LogP contribution in [-0.4, -0.2) is 17.9 Å². The van der Waals surface area contributed by atoms with E-state index in [9.17, 15) is 4.79 Å². The number of hydrogen-bond acceptors (Lipinski definition) is 2. The van der Waals surface area contributed by atoms with E-state index in [0.29, 0.717) is 12.3 Å². The highest BCUT2D eigenvalue weighted by atomic mass is 79.9. The molecule has 0 heterocycles. The molecule has 0 radical (unpaired) electrons. The van der Waals surface area contributed by atoms with Gasteiger partial charge in [-0.25, -0.2) is 0 Å². The van der Waals surface area contributed by atoms with Gasteiger partial charge in [0.25, 0.3) is 0 Å². The molecule has 1 aromatic carbocycles. The summed E-state index contributed by atoms with van der Waals surface area (Å²) in [6.07, 6.45) is 1.92. The summed E-state index contributed by atoms with van der Waals surface area (Å²) in [5, 5.41) is 3.72. The highest BCUT2D eigenvalue weighted by molar-refractivity contribution is 9.08. The molecule has 4 heteroatoms. The van der Waals surface area contributed by atoms with Crippen LogP contribution in [0, 0.1) is 0 Å². The van der Waals surface area contributed by atoms with Crippen molar-refractivity contribution in [3.05, 3.63) is 35.4 Å². The first-order valence-corrected chi connectivity index (χ1v) is 7.17. The van der Waals surface area contributed by atoms with Gasteiger partial charge in [0.1, 0.15) is 0 Å². The Morgan fingerprint density at radius 3 is 2.87 bits per heavy atom. The Labute approximate surface area is 103 Å². The predicted octanol–water partition coefficient (Wildman–Crippen LogP) is 2.56. The second kappa shape index (κ2) is 6.90. The lowest BCUT2D eigenvalue weighted by atomic mass is 10.1. The Bertz CT molecular complexity index is 330. The van der Waals surface area contributed by atoms with Crippen LogP contribution < -0.4 is 5.32 Å². The predicted molar refractivity (Wildman–Crippen MR) is 69.3 cm³/mol. The Morgan fingerprint density at radius 2 is 2.20 bits per heavy atom. The maximum Gasteiger partial charge on any atom is 0.230 e. The average molecular weight is 288 g/mol. The molecule has 0 spiro atoms. The highest BCUT2D eigenvalue weighted by Gasteiger charge is 2.00. The van der Waals surface area contributed by atoms with Crippen molar-refractivity contribution in [2.45, 2.75) is 11.9 Å². The standard InChI is InChI=1S/C11H14BrNOS/c1-15-8-11(14)13-7-10-4-2-3-9(5-10)6-12/h2-5H,6-8H2,1H3,(H,13,14). The van der Waals surface area contributed by atoms with Gasteiger partial charge in [0, 0.05) is 11.9 Å². The zero-order valence-corrected chi connectivity index (χ0v) is 11.0. The fourth-order valence-electron chi connectivity index (χ4n) is 1.21. The quantitative estimate of drug-likeness (QED) is 0.844. The lowest BCUT2D eigenvalue weighted by molar-refractivity contribution is -0.118. The molecular formula is C11H14BrNOS. The lowest BCUT2D eigenvalue weighted by Crippen LogP contribution is -2.24. The van der Waals surface area contributed by atoms with Crippen molar-refractivity contribution in [2.75, 3.05) is 12.0 Å². The second-order valence-corrected chi connectivity index (χ2v) is 4.59. The smallest absolute Gasteiger partial charge is 0.230 e. The minimum Gasteiger partial charge on any atom is -0.351 e. The summed E-state index contributed by atoms with van der Waals surface area (Å²) in [7, 11) is 0. The zero-order chi connectivity index (χ0) is 11.1. The average Bonchev–Trinajstić information content (AvgIpc) is 2.27. The maximum absolute atomic E-state index is 11.2. The van der Waals surface area contributed by atoms with E-state index >= 15 is 0 Å². The van der Waals surface area contributed by atoms with Crippen LogP contribution in [0.2, 0.25) is 0 Å². The van der Waals surface area contributed by atoms with Crippen molar-refractivity contribution in [1.29, 1.82) is 0 Å². The van der Waals surface area contributed by atoms with Gasteiger partial charge in [0.05, 0.1) is 5.75 Å². The highest BCUT2D eigenvalue weighted by Crippen LogP contribution is 2.08. The molecule has 0 aromatic heterocycles. The van der Waals surface area contributed by atoms with Gasteiger partial charge in [0.15, 0.2) is 0 Å². The van der Waals surface area contributed by atoms with Crippen LogP contribution in [0.1, 0.15) is 11.1 Å². The molecular weight excluding hydrogens is 274 g/mol. The number of carbonyl (C=O) groups is 1. The SMILES string of the molecule is CSCC(=O)NCc1cccc(CBr)c1. The van der Waals surface area contributed by atoms with Crippen molar-refractivity contribution < 1.29 is 4.79 Å². The van der Waals surface area contributed by atoms with Gasteiger partial charge in [-0.05, 0) is 17.4 Å². The van der Waals surface area contributed by atoms with E-state index < -0.39 is 0 Å². The van der Waals surface area contributed by atoms with Crippen molar-refractivity contribution in [1.82, 2.24) is 5.32 Å². The summed E-state index contributed by atoms with van der Waals surface area (Å²) in [5.74, 6) is 0.616. The van der Waals surface area contributed by atoms with E-state index in [4.69, 9.17) is 0 Å². The van der Waals surface area contributed by atoms with Crippen LogP contribution >= 0.6 is 27.7 Å². The number of nitrogens with one attached hydrogen (secondary N) is 1. The summed E-state index contributed by atoms with van der Waals surface area (Å²) in [4.78, 5) is 11.2. The molecule has 0 saturated carbocycles. The zero-order valence-electron chi connectivity index (χ0n) is 8.63. The van der Waals surface area contributed by atoms with Crippen molar-refractivity contribution in [3.63, 3.8) is 0 Å². The molecule has 82 valence electrons. The third kappa shape index (κ3) is 4.71. The Hall–Kier alpha value is -0.480. The molecule has 1 N–H and O–H groups in total. The molecule has 0 bridgehead atoms. The molecule has 0 aliphatic carbocycles. The molecule has 0 fully saturated rings. The molecule has 0 aliphatic heterocycles. The van der Waals surface area contributed by atoms with Gasteiger partial charge in [-0.15, -0.1) is 0 Å². The van der Waals surface area contributed by atoms with Gasteiger partial charge < -0.3 is 5.32 Å². The molecule has 1 rings (SSSR count). The minimum atomic E-state index is 0.0896. The summed E-state index contributed by atoms with van der Waals surface area (Å²) in [6, 6.07) is 8.17. The fourth-order valence-corrected chi connectivity index (χ4v) is 1.92. The lowest BCUT2D eigenvalue weighted by Gasteiger charge is -2.05. The van der Waals surface area contributed by atoms with E-state index in [0.717, 1.165) is 10.9 Å².